The Balaban J connectivity index is 1.62. The third kappa shape index (κ3) is 4.36. The lowest BCUT2D eigenvalue weighted by Crippen LogP contribution is -2.46. The molecular weight excluding hydrogens is 410 g/mol. The highest BCUT2D eigenvalue weighted by atomic mass is 19.3. The third-order valence-corrected chi connectivity index (χ3v) is 5.06. The molecule has 4 heterocycles. The van der Waals surface area contributed by atoms with Crippen molar-refractivity contribution >= 4 is 34.3 Å². The molecule has 31 heavy (non-hydrogen) atoms. The van der Waals surface area contributed by atoms with Crippen LogP contribution in [-0.2, 0) is 0 Å². The van der Waals surface area contributed by atoms with Gasteiger partial charge in [0.15, 0.2) is 5.58 Å². The maximum atomic E-state index is 13.0. The highest BCUT2D eigenvalue weighted by Gasteiger charge is 2.26. The van der Waals surface area contributed by atoms with Crippen LogP contribution >= 0.6 is 0 Å². The Hall–Kier alpha value is -3.47. The zero-order valence-corrected chi connectivity index (χ0v) is 16.7. The summed E-state index contributed by atoms with van der Waals surface area (Å²) in [6.07, 6.45) is 5.19. The molecule has 164 valence electrons. The first-order chi connectivity index (χ1) is 14.8. The molecule has 1 amide bonds. The molecule has 0 aliphatic carbocycles. The van der Waals surface area contributed by atoms with Crippen LogP contribution in [0.4, 0.5) is 26.0 Å². The fourth-order valence-electron chi connectivity index (χ4n) is 3.91. The van der Waals surface area contributed by atoms with E-state index < -0.39 is 12.5 Å². The molecule has 2 atom stereocenters. The number of hydrogen-bond acceptors (Lipinski definition) is 8. The van der Waals surface area contributed by atoms with Crippen molar-refractivity contribution < 1.29 is 22.7 Å². The monoisotopic (exact) mass is 432 g/mol. The van der Waals surface area contributed by atoms with Gasteiger partial charge in [-0.2, -0.15) is 8.78 Å². The topological polar surface area (TPSA) is 133 Å². The number of nitrogens with one attached hydrogen (secondary N) is 1. The number of nitrogens with two attached hydrogens (primary N) is 2. The van der Waals surface area contributed by atoms with Gasteiger partial charge in [0.2, 0.25) is 5.88 Å². The maximum absolute atomic E-state index is 13.0. The minimum atomic E-state index is -3.01. The highest BCUT2D eigenvalue weighted by Crippen LogP contribution is 2.32. The fraction of sp³-hybridized carbons (Fsp3) is 0.350. The van der Waals surface area contributed by atoms with E-state index in [4.69, 9.17) is 15.9 Å². The molecule has 0 bridgehead atoms. The number of carbonyl (C=O) groups is 1. The van der Waals surface area contributed by atoms with Crippen molar-refractivity contribution in [2.75, 3.05) is 29.0 Å². The number of aromatic nitrogens is 2. The highest BCUT2D eigenvalue weighted by molar-refractivity contribution is 6.15. The molecule has 1 aliphatic rings. The van der Waals surface area contributed by atoms with Gasteiger partial charge in [0.1, 0.15) is 16.8 Å². The zero-order valence-electron chi connectivity index (χ0n) is 16.7. The minimum absolute atomic E-state index is 0.00267. The van der Waals surface area contributed by atoms with Crippen LogP contribution in [0, 0.1) is 5.92 Å². The molecule has 11 heteroatoms. The second-order valence-corrected chi connectivity index (χ2v) is 7.59. The second kappa shape index (κ2) is 8.34. The molecule has 9 nitrogen and oxygen atoms in total. The van der Waals surface area contributed by atoms with Crippen molar-refractivity contribution in [3.63, 3.8) is 0 Å². The van der Waals surface area contributed by atoms with Gasteiger partial charge in [-0.1, -0.05) is 6.92 Å². The quantitative estimate of drug-likeness (QED) is 0.561. The summed E-state index contributed by atoms with van der Waals surface area (Å²) < 4.78 is 34.5. The number of halogens is 2. The molecule has 1 saturated heterocycles. The van der Waals surface area contributed by atoms with Crippen LogP contribution in [0.2, 0.25) is 0 Å². The molecule has 1 aliphatic heterocycles. The summed E-state index contributed by atoms with van der Waals surface area (Å²) in [5.41, 5.74) is 13.5. The third-order valence-electron chi connectivity index (χ3n) is 5.06. The van der Waals surface area contributed by atoms with Gasteiger partial charge in [-0.05, 0) is 18.4 Å². The largest absolute Gasteiger partial charge is 0.438 e. The van der Waals surface area contributed by atoms with E-state index in [2.05, 4.69) is 31.8 Å². The van der Waals surface area contributed by atoms with Gasteiger partial charge in [-0.3, -0.25) is 9.78 Å². The van der Waals surface area contributed by atoms with Crippen LogP contribution in [0.25, 0.3) is 11.1 Å². The van der Waals surface area contributed by atoms with Crippen LogP contribution in [0.15, 0.2) is 35.1 Å². The summed E-state index contributed by atoms with van der Waals surface area (Å²) >= 11 is 0. The average molecular weight is 432 g/mol. The number of alkyl halides is 2. The van der Waals surface area contributed by atoms with Gasteiger partial charge in [-0.25, -0.2) is 4.98 Å². The van der Waals surface area contributed by atoms with Gasteiger partial charge in [-0.15, -0.1) is 0 Å². The molecule has 0 aromatic carbocycles. The van der Waals surface area contributed by atoms with Gasteiger partial charge in [0.25, 0.3) is 5.91 Å². The van der Waals surface area contributed by atoms with E-state index in [1.807, 2.05) is 6.07 Å². The molecule has 3 aromatic heterocycles. The summed E-state index contributed by atoms with van der Waals surface area (Å²) in [6, 6.07) is 3.04. The molecule has 0 spiro atoms. The molecule has 0 radical (unpaired) electrons. The van der Waals surface area contributed by atoms with E-state index in [9.17, 15) is 13.6 Å². The first-order valence-corrected chi connectivity index (χ1v) is 9.70. The summed E-state index contributed by atoms with van der Waals surface area (Å²) in [5.74, 6) is -0.542. The summed E-state index contributed by atoms with van der Waals surface area (Å²) in [5, 5.41) is 2.80. The molecule has 5 N–H and O–H groups in total. The standard InChI is InChI=1S/C20H22F2N6O3/c1-10-4-11(23)9-28(8-10)14-2-3-25-7-13(14)27-19(29)16-17-15(31-18(16)24)5-12(6-26-17)30-20(21)22/h2-3,5-7,10-11,20H,4,8-9,23-24H2,1H3,(H,27,29)/t10-,11+/m0/s1. The van der Waals surface area contributed by atoms with Gasteiger partial charge in [0, 0.05) is 31.4 Å². The Morgan fingerprint density at radius 3 is 2.94 bits per heavy atom. The number of hydrogen-bond donors (Lipinski definition) is 3. The first kappa shape index (κ1) is 20.8. The number of carbonyl (C=O) groups excluding carboxylic acids is 1. The number of pyridine rings is 2. The number of ether oxygens (including phenoxy) is 1. The van der Waals surface area contributed by atoms with Crippen molar-refractivity contribution in [3.8, 4) is 5.75 Å². The smallest absolute Gasteiger partial charge is 0.387 e. The Kier molecular flexibility index (Phi) is 5.59. The number of nitrogen functional groups attached to an aromatic ring is 1. The SMILES string of the molecule is C[C@H]1C[C@@H](N)CN(c2ccncc2NC(=O)c2c(N)oc3cc(OC(F)F)cnc23)C1. The van der Waals surface area contributed by atoms with Gasteiger partial charge < -0.3 is 30.8 Å². The predicted molar refractivity (Wildman–Crippen MR) is 111 cm³/mol. The van der Waals surface area contributed by atoms with Crippen molar-refractivity contribution in [1.29, 1.82) is 0 Å². The molecule has 0 saturated carbocycles. The molecule has 3 aromatic rings. The lowest BCUT2D eigenvalue weighted by atomic mass is 9.96. The Morgan fingerprint density at radius 1 is 1.39 bits per heavy atom. The Labute approximate surface area is 176 Å². The van der Waals surface area contributed by atoms with Crippen molar-refractivity contribution in [2.45, 2.75) is 26.0 Å². The average Bonchev–Trinajstić information content (AvgIpc) is 3.02. The van der Waals surface area contributed by atoms with Gasteiger partial charge in [0.05, 0.1) is 23.8 Å². The normalized spacial score (nSPS) is 19.1. The van der Waals surface area contributed by atoms with Crippen LogP contribution in [0.1, 0.15) is 23.7 Å². The van der Waals surface area contributed by atoms with Crippen LogP contribution in [0.3, 0.4) is 0 Å². The van der Waals surface area contributed by atoms with E-state index in [0.717, 1.165) is 24.8 Å². The zero-order chi connectivity index (χ0) is 22.1. The fourth-order valence-corrected chi connectivity index (χ4v) is 3.91. The van der Waals surface area contributed by atoms with E-state index in [1.165, 1.54) is 6.07 Å². The lowest BCUT2D eigenvalue weighted by molar-refractivity contribution is -0.0500. The summed E-state index contributed by atoms with van der Waals surface area (Å²) in [4.78, 5) is 23.3. The number of rotatable bonds is 5. The number of nitrogens with zero attached hydrogens (tertiary/aromatic N) is 3. The summed E-state index contributed by atoms with van der Waals surface area (Å²) in [7, 11) is 0. The van der Waals surface area contributed by atoms with E-state index in [1.54, 1.807) is 12.4 Å². The van der Waals surface area contributed by atoms with Crippen LogP contribution < -0.4 is 26.4 Å². The molecule has 0 unspecified atom stereocenters. The Bertz CT molecular complexity index is 1100. The number of fused-ring (bicyclic) bond motifs is 1. The molecule has 4 rings (SSSR count). The maximum Gasteiger partial charge on any atom is 0.387 e. The van der Waals surface area contributed by atoms with Gasteiger partial charge >= 0.3 is 6.61 Å². The second-order valence-electron chi connectivity index (χ2n) is 7.59. The number of anilines is 3. The van der Waals surface area contributed by atoms with Crippen molar-refractivity contribution in [2.24, 2.45) is 11.7 Å². The van der Waals surface area contributed by atoms with E-state index in [0.29, 0.717) is 18.2 Å². The Morgan fingerprint density at radius 2 is 2.19 bits per heavy atom. The van der Waals surface area contributed by atoms with Crippen molar-refractivity contribution in [1.82, 2.24) is 9.97 Å². The lowest BCUT2D eigenvalue weighted by Gasteiger charge is -2.37. The van der Waals surface area contributed by atoms with Crippen LogP contribution in [0.5, 0.6) is 5.75 Å². The minimum Gasteiger partial charge on any atom is -0.438 e. The predicted octanol–water partition coefficient (Wildman–Crippen LogP) is 2.83. The number of amides is 1. The molecule has 1 fully saturated rings. The summed E-state index contributed by atoms with van der Waals surface area (Å²) in [6.45, 7) is 0.569. The van der Waals surface area contributed by atoms with E-state index in [-0.39, 0.29) is 34.3 Å². The van der Waals surface area contributed by atoms with Crippen molar-refractivity contribution in [3.05, 3.63) is 36.3 Å². The van der Waals surface area contributed by atoms with Crippen LogP contribution in [-0.4, -0.2) is 41.6 Å². The van der Waals surface area contributed by atoms with E-state index >= 15 is 0 Å². The molecular formula is C20H22F2N6O3. The number of piperidine rings is 1. The number of furan rings is 1. The first-order valence-electron chi connectivity index (χ1n) is 9.70.